The Bertz CT molecular complexity index is 729. The fraction of sp³-hybridized carbons (Fsp3) is 0.500. The number of fused-ring (bicyclic) bond motifs is 1. The summed E-state index contributed by atoms with van der Waals surface area (Å²) in [5.41, 5.74) is 2.26. The van der Waals surface area contributed by atoms with Crippen molar-refractivity contribution in [2.45, 2.75) is 37.7 Å². The molecule has 0 spiro atoms. The number of nitrogens with zero attached hydrogens (tertiary/aromatic N) is 3. The zero-order valence-corrected chi connectivity index (χ0v) is 13.7. The van der Waals surface area contributed by atoms with Gasteiger partial charge in [-0.3, -0.25) is 9.78 Å². The van der Waals surface area contributed by atoms with Crippen LogP contribution in [-0.2, 0) is 7.05 Å². The second-order valence-electron chi connectivity index (χ2n) is 7.09. The predicted molar refractivity (Wildman–Crippen MR) is 89.6 cm³/mol. The lowest BCUT2D eigenvalue weighted by molar-refractivity contribution is 0.101. The number of carbonyl (C=O) groups excluding carboxylic acids is 1. The first-order valence-electron chi connectivity index (χ1n) is 8.52. The first-order valence-corrected chi connectivity index (χ1v) is 8.52. The molecule has 2 N–H and O–H groups in total. The summed E-state index contributed by atoms with van der Waals surface area (Å²) in [6.45, 7) is 0. The van der Waals surface area contributed by atoms with E-state index in [1.165, 1.54) is 0 Å². The van der Waals surface area contributed by atoms with E-state index in [9.17, 15) is 9.90 Å². The fourth-order valence-corrected chi connectivity index (χ4v) is 4.46. The molecule has 0 aliphatic heterocycles. The molecule has 2 aromatic rings. The zero-order chi connectivity index (χ0) is 16.7. The third kappa shape index (κ3) is 2.71. The average molecular weight is 326 g/mol. The van der Waals surface area contributed by atoms with E-state index in [4.69, 9.17) is 0 Å². The minimum absolute atomic E-state index is 0.131. The number of carbonyl (C=O) groups is 1. The number of imidazole rings is 1. The van der Waals surface area contributed by atoms with E-state index < -0.39 is 0 Å². The number of hydrogen-bond donors (Lipinski definition) is 2. The van der Waals surface area contributed by atoms with Crippen molar-refractivity contribution in [3.8, 4) is 0 Å². The van der Waals surface area contributed by atoms with E-state index in [2.05, 4.69) is 15.3 Å². The van der Waals surface area contributed by atoms with Crippen molar-refractivity contribution < 1.29 is 9.90 Å². The maximum atomic E-state index is 12.7. The Morgan fingerprint density at radius 2 is 1.88 bits per heavy atom. The van der Waals surface area contributed by atoms with Gasteiger partial charge in [-0.05, 0) is 49.7 Å². The van der Waals surface area contributed by atoms with Crippen molar-refractivity contribution >= 4 is 11.6 Å². The summed E-state index contributed by atoms with van der Waals surface area (Å²) in [5.74, 6) is 1.33. The lowest BCUT2D eigenvalue weighted by Crippen LogP contribution is -2.18. The zero-order valence-electron chi connectivity index (χ0n) is 13.7. The van der Waals surface area contributed by atoms with E-state index >= 15 is 0 Å². The van der Waals surface area contributed by atoms with Crippen molar-refractivity contribution in [3.63, 3.8) is 0 Å². The molecule has 2 fully saturated rings. The van der Waals surface area contributed by atoms with Crippen LogP contribution < -0.4 is 5.32 Å². The first kappa shape index (κ1) is 15.3. The second kappa shape index (κ2) is 6.02. The molecule has 2 aliphatic rings. The highest BCUT2D eigenvalue weighted by Gasteiger charge is 2.43. The third-order valence-corrected chi connectivity index (χ3v) is 5.50. The fourth-order valence-electron chi connectivity index (χ4n) is 4.46. The summed E-state index contributed by atoms with van der Waals surface area (Å²) in [7, 11) is 1.86. The van der Waals surface area contributed by atoms with Gasteiger partial charge in [0.15, 0.2) is 0 Å². The molecule has 2 aliphatic carbocycles. The van der Waals surface area contributed by atoms with E-state index in [0.29, 0.717) is 23.4 Å². The van der Waals surface area contributed by atoms with Crippen molar-refractivity contribution in [3.05, 3.63) is 42.2 Å². The van der Waals surface area contributed by atoms with Gasteiger partial charge in [0.05, 0.1) is 18.1 Å². The number of aromatic nitrogens is 3. The van der Waals surface area contributed by atoms with Crippen LogP contribution >= 0.6 is 0 Å². The van der Waals surface area contributed by atoms with Crippen molar-refractivity contribution in [1.82, 2.24) is 14.5 Å². The molecule has 1 amide bonds. The van der Waals surface area contributed by atoms with Crippen LogP contribution in [0.2, 0.25) is 0 Å². The molecule has 2 unspecified atom stereocenters. The summed E-state index contributed by atoms with van der Waals surface area (Å²) in [4.78, 5) is 21.2. The normalized spacial score (nSPS) is 28.8. The molecular weight excluding hydrogens is 304 g/mol. The van der Waals surface area contributed by atoms with Crippen molar-refractivity contribution in [2.75, 3.05) is 5.32 Å². The van der Waals surface area contributed by atoms with Crippen LogP contribution in [0.5, 0.6) is 0 Å². The van der Waals surface area contributed by atoms with E-state index in [-0.39, 0.29) is 12.0 Å². The number of anilines is 1. The first-order chi connectivity index (χ1) is 11.6. The maximum absolute atomic E-state index is 12.7. The standard InChI is InChI=1S/C18H22N4O2/c1-22-10-20-16(13-6-11-8-15(23)9-12(11)7-13)17(22)18(24)21-14-2-4-19-5-3-14/h2-5,10-13,15,23H,6-9H2,1H3,(H,19,21,24). The number of aryl methyl sites for hydroxylation is 1. The number of pyridine rings is 1. The quantitative estimate of drug-likeness (QED) is 0.907. The van der Waals surface area contributed by atoms with Gasteiger partial charge in [-0.2, -0.15) is 0 Å². The molecule has 2 saturated carbocycles. The van der Waals surface area contributed by atoms with Gasteiger partial charge in [-0.1, -0.05) is 0 Å². The molecule has 2 aromatic heterocycles. The molecule has 4 rings (SSSR count). The Labute approximate surface area is 140 Å². The minimum Gasteiger partial charge on any atom is -0.393 e. The van der Waals surface area contributed by atoms with Crippen LogP contribution in [0.1, 0.15) is 47.8 Å². The summed E-state index contributed by atoms with van der Waals surface area (Å²) < 4.78 is 1.80. The highest BCUT2D eigenvalue weighted by molar-refractivity contribution is 6.04. The summed E-state index contributed by atoms with van der Waals surface area (Å²) in [6.07, 6.45) is 8.73. The molecule has 0 aromatic carbocycles. The van der Waals surface area contributed by atoms with Gasteiger partial charge in [0.1, 0.15) is 5.69 Å². The van der Waals surface area contributed by atoms with Gasteiger partial charge < -0.3 is 15.0 Å². The number of aliphatic hydroxyl groups is 1. The third-order valence-electron chi connectivity index (χ3n) is 5.50. The number of nitrogens with one attached hydrogen (secondary N) is 1. The Balaban J connectivity index is 1.55. The topological polar surface area (TPSA) is 80.0 Å². The molecule has 2 heterocycles. The number of aliphatic hydroxyl groups excluding tert-OH is 1. The van der Waals surface area contributed by atoms with E-state index in [1.54, 1.807) is 35.4 Å². The molecule has 126 valence electrons. The van der Waals surface area contributed by atoms with Crippen LogP contribution in [0.4, 0.5) is 5.69 Å². The van der Waals surface area contributed by atoms with Crippen LogP contribution in [0.25, 0.3) is 0 Å². The summed E-state index contributed by atoms with van der Waals surface area (Å²) in [5, 5.41) is 12.7. The lowest BCUT2D eigenvalue weighted by Gasteiger charge is -2.13. The lowest BCUT2D eigenvalue weighted by atomic mass is 9.97. The SMILES string of the molecule is Cn1cnc(C2CC3CC(O)CC3C2)c1C(=O)Nc1ccncc1. The molecule has 0 radical (unpaired) electrons. The van der Waals surface area contributed by atoms with E-state index in [0.717, 1.165) is 37.1 Å². The Morgan fingerprint density at radius 1 is 1.21 bits per heavy atom. The van der Waals surface area contributed by atoms with Crippen LogP contribution in [0, 0.1) is 11.8 Å². The molecule has 0 bridgehead atoms. The predicted octanol–water partition coefficient (Wildman–Crippen LogP) is 2.33. The number of rotatable bonds is 3. The maximum Gasteiger partial charge on any atom is 0.274 e. The molecular formula is C18H22N4O2. The van der Waals surface area contributed by atoms with Crippen molar-refractivity contribution in [2.24, 2.45) is 18.9 Å². The van der Waals surface area contributed by atoms with Gasteiger partial charge >= 0.3 is 0 Å². The van der Waals surface area contributed by atoms with Crippen LogP contribution in [0.3, 0.4) is 0 Å². The van der Waals surface area contributed by atoms with Gasteiger partial charge in [-0.15, -0.1) is 0 Å². The molecule has 6 nitrogen and oxygen atoms in total. The Morgan fingerprint density at radius 3 is 2.54 bits per heavy atom. The smallest absolute Gasteiger partial charge is 0.274 e. The molecule has 0 saturated heterocycles. The van der Waals surface area contributed by atoms with Crippen LogP contribution in [0.15, 0.2) is 30.9 Å². The van der Waals surface area contributed by atoms with Crippen LogP contribution in [-0.4, -0.2) is 31.7 Å². The number of amides is 1. The summed E-state index contributed by atoms with van der Waals surface area (Å²) >= 11 is 0. The Hall–Kier alpha value is -2.21. The van der Waals surface area contributed by atoms with Crippen molar-refractivity contribution in [1.29, 1.82) is 0 Å². The molecule has 6 heteroatoms. The highest BCUT2D eigenvalue weighted by Crippen LogP contribution is 2.50. The minimum atomic E-state index is -0.140. The van der Waals surface area contributed by atoms with Gasteiger partial charge in [0.25, 0.3) is 5.91 Å². The van der Waals surface area contributed by atoms with Gasteiger partial charge in [0.2, 0.25) is 0 Å². The second-order valence-corrected chi connectivity index (χ2v) is 7.09. The highest BCUT2D eigenvalue weighted by atomic mass is 16.3. The average Bonchev–Trinajstić information content (AvgIpc) is 3.20. The molecule has 2 atom stereocenters. The molecule has 24 heavy (non-hydrogen) atoms. The van der Waals surface area contributed by atoms with Gasteiger partial charge in [-0.25, -0.2) is 4.98 Å². The largest absolute Gasteiger partial charge is 0.393 e. The van der Waals surface area contributed by atoms with E-state index in [1.807, 2.05) is 7.05 Å². The summed E-state index contributed by atoms with van der Waals surface area (Å²) in [6, 6.07) is 3.55. The number of hydrogen-bond acceptors (Lipinski definition) is 4. The monoisotopic (exact) mass is 326 g/mol. The Kier molecular flexibility index (Phi) is 3.84. The van der Waals surface area contributed by atoms with Gasteiger partial charge in [0, 0.05) is 31.0 Å².